The highest BCUT2D eigenvalue weighted by Crippen LogP contribution is 2.32. The molecule has 1 aromatic rings. The standard InChI is InChI=1S/C9H12ClN3O4/c10-8-5(9(15)7(14)1-2-11)3-12-4-6(8)13(16)17/h3-4,7,9,14-15H,1-2,11H2. The minimum atomic E-state index is -1.35. The highest BCUT2D eigenvalue weighted by Gasteiger charge is 2.25. The van der Waals surface area contributed by atoms with E-state index in [9.17, 15) is 20.3 Å². The Kier molecular flexibility index (Phi) is 4.76. The van der Waals surface area contributed by atoms with Crippen LogP contribution in [0.3, 0.4) is 0 Å². The number of halogens is 1. The van der Waals surface area contributed by atoms with Crippen molar-refractivity contribution in [3.8, 4) is 0 Å². The monoisotopic (exact) mass is 261 g/mol. The van der Waals surface area contributed by atoms with Gasteiger partial charge in [0.2, 0.25) is 0 Å². The van der Waals surface area contributed by atoms with Gasteiger partial charge in [-0.3, -0.25) is 15.1 Å². The molecule has 0 saturated carbocycles. The zero-order chi connectivity index (χ0) is 13.0. The quantitative estimate of drug-likeness (QED) is 0.520. The van der Waals surface area contributed by atoms with Crippen LogP contribution in [0.4, 0.5) is 5.69 Å². The predicted octanol–water partition coefficient (Wildman–Crippen LogP) is 0.386. The molecule has 0 aliphatic heterocycles. The van der Waals surface area contributed by atoms with Crippen LogP contribution in [0.5, 0.6) is 0 Å². The first-order valence-corrected chi connectivity index (χ1v) is 5.20. The van der Waals surface area contributed by atoms with Crippen molar-refractivity contribution >= 4 is 17.3 Å². The van der Waals surface area contributed by atoms with Gasteiger partial charge in [0, 0.05) is 11.8 Å². The molecule has 1 aromatic heterocycles. The molecule has 0 saturated heterocycles. The molecule has 1 rings (SSSR count). The third kappa shape index (κ3) is 3.10. The summed E-state index contributed by atoms with van der Waals surface area (Å²) in [5, 5.41) is 29.7. The van der Waals surface area contributed by atoms with Crippen LogP contribution >= 0.6 is 11.6 Å². The topological polar surface area (TPSA) is 123 Å². The zero-order valence-electron chi connectivity index (χ0n) is 8.78. The second-order valence-corrected chi connectivity index (χ2v) is 3.79. The molecule has 0 aliphatic rings. The van der Waals surface area contributed by atoms with Gasteiger partial charge in [-0.25, -0.2) is 0 Å². The Balaban J connectivity index is 3.06. The summed E-state index contributed by atoms with van der Waals surface area (Å²) in [6.07, 6.45) is -0.173. The summed E-state index contributed by atoms with van der Waals surface area (Å²) in [4.78, 5) is 13.5. The lowest BCUT2D eigenvalue weighted by atomic mass is 10.0. The summed E-state index contributed by atoms with van der Waals surface area (Å²) in [6, 6.07) is 0. The van der Waals surface area contributed by atoms with Crippen LogP contribution in [-0.2, 0) is 0 Å². The Hall–Kier alpha value is -1.28. The molecule has 0 spiro atoms. The van der Waals surface area contributed by atoms with Gasteiger partial charge in [0.05, 0.1) is 11.0 Å². The Morgan fingerprint density at radius 1 is 1.53 bits per heavy atom. The molecular formula is C9H12ClN3O4. The van der Waals surface area contributed by atoms with E-state index in [2.05, 4.69) is 4.98 Å². The Bertz CT molecular complexity index is 415. The van der Waals surface area contributed by atoms with E-state index >= 15 is 0 Å². The second kappa shape index (κ2) is 5.87. The lowest BCUT2D eigenvalue weighted by Crippen LogP contribution is -2.22. The number of pyridine rings is 1. The number of nitrogens with two attached hydrogens (primary N) is 1. The highest BCUT2D eigenvalue weighted by molar-refractivity contribution is 6.33. The summed E-state index contributed by atoms with van der Waals surface area (Å²) in [5.74, 6) is 0. The molecule has 0 amide bonds. The van der Waals surface area contributed by atoms with Gasteiger partial charge in [-0.2, -0.15) is 0 Å². The normalized spacial score (nSPS) is 14.4. The largest absolute Gasteiger partial charge is 0.390 e. The second-order valence-electron chi connectivity index (χ2n) is 3.41. The summed E-state index contributed by atoms with van der Waals surface area (Å²) in [7, 11) is 0. The predicted molar refractivity (Wildman–Crippen MR) is 60.5 cm³/mol. The van der Waals surface area contributed by atoms with Crippen molar-refractivity contribution in [3.05, 3.63) is 33.1 Å². The molecule has 0 radical (unpaired) electrons. The number of rotatable bonds is 5. The third-order valence-electron chi connectivity index (χ3n) is 2.23. The molecule has 0 fully saturated rings. The van der Waals surface area contributed by atoms with Gasteiger partial charge in [0.25, 0.3) is 0 Å². The van der Waals surface area contributed by atoms with E-state index in [-0.39, 0.29) is 23.6 Å². The number of nitro groups is 1. The maximum atomic E-state index is 10.6. The van der Waals surface area contributed by atoms with E-state index < -0.39 is 22.8 Å². The molecular weight excluding hydrogens is 250 g/mol. The number of hydrogen-bond donors (Lipinski definition) is 3. The van der Waals surface area contributed by atoms with Gasteiger partial charge in [0.15, 0.2) is 0 Å². The molecule has 1 heterocycles. The fraction of sp³-hybridized carbons (Fsp3) is 0.444. The van der Waals surface area contributed by atoms with Crippen molar-refractivity contribution in [1.82, 2.24) is 4.98 Å². The maximum absolute atomic E-state index is 10.6. The SMILES string of the molecule is NCCC(O)C(O)c1cncc([N+](=O)[O-])c1Cl. The Labute approximate surface area is 102 Å². The van der Waals surface area contributed by atoms with E-state index in [1.807, 2.05) is 0 Å². The van der Waals surface area contributed by atoms with Crippen LogP contribution in [-0.4, -0.2) is 32.8 Å². The van der Waals surface area contributed by atoms with Crippen molar-refractivity contribution in [1.29, 1.82) is 0 Å². The van der Waals surface area contributed by atoms with E-state index in [0.29, 0.717) is 0 Å². The molecule has 4 N–H and O–H groups in total. The summed E-state index contributed by atoms with van der Waals surface area (Å²) in [6.45, 7) is 0.179. The lowest BCUT2D eigenvalue weighted by Gasteiger charge is -2.17. The van der Waals surface area contributed by atoms with Crippen molar-refractivity contribution in [2.24, 2.45) is 5.73 Å². The van der Waals surface area contributed by atoms with Gasteiger partial charge < -0.3 is 15.9 Å². The zero-order valence-corrected chi connectivity index (χ0v) is 9.54. The average molecular weight is 262 g/mol. The fourth-order valence-corrected chi connectivity index (χ4v) is 1.60. The van der Waals surface area contributed by atoms with E-state index in [4.69, 9.17) is 17.3 Å². The molecule has 94 valence electrons. The molecule has 0 aliphatic carbocycles. The smallest absolute Gasteiger partial charge is 0.306 e. The third-order valence-corrected chi connectivity index (χ3v) is 2.64. The molecule has 0 bridgehead atoms. The number of aromatic nitrogens is 1. The van der Waals surface area contributed by atoms with Crippen LogP contribution < -0.4 is 5.73 Å². The van der Waals surface area contributed by atoms with Gasteiger partial charge in [0.1, 0.15) is 17.3 Å². The summed E-state index contributed by atoms with van der Waals surface area (Å²) in [5.41, 5.74) is 4.84. The Morgan fingerprint density at radius 2 is 2.18 bits per heavy atom. The van der Waals surface area contributed by atoms with E-state index in [1.165, 1.54) is 6.20 Å². The van der Waals surface area contributed by atoms with Gasteiger partial charge >= 0.3 is 5.69 Å². The van der Waals surface area contributed by atoms with E-state index in [1.54, 1.807) is 0 Å². The number of nitrogens with zero attached hydrogens (tertiary/aromatic N) is 2. The summed E-state index contributed by atoms with van der Waals surface area (Å²) >= 11 is 5.76. The number of hydrogen-bond acceptors (Lipinski definition) is 6. The minimum Gasteiger partial charge on any atom is -0.390 e. The van der Waals surface area contributed by atoms with Gasteiger partial charge in [-0.1, -0.05) is 11.6 Å². The summed E-state index contributed by atoms with van der Waals surface area (Å²) < 4.78 is 0. The molecule has 0 aromatic carbocycles. The van der Waals surface area contributed by atoms with Crippen LogP contribution in [0.1, 0.15) is 18.1 Å². The maximum Gasteiger partial charge on any atom is 0.306 e. The molecule has 17 heavy (non-hydrogen) atoms. The van der Waals surface area contributed by atoms with Gasteiger partial charge in [-0.15, -0.1) is 0 Å². The first-order valence-electron chi connectivity index (χ1n) is 4.83. The Morgan fingerprint density at radius 3 is 2.71 bits per heavy atom. The number of aliphatic hydroxyl groups excluding tert-OH is 2. The first kappa shape index (κ1) is 13.8. The minimum absolute atomic E-state index is 0.0156. The number of aliphatic hydroxyl groups is 2. The van der Waals surface area contributed by atoms with Crippen LogP contribution in [0, 0.1) is 10.1 Å². The lowest BCUT2D eigenvalue weighted by molar-refractivity contribution is -0.385. The van der Waals surface area contributed by atoms with Crippen LogP contribution in [0.25, 0.3) is 0 Å². The fourth-order valence-electron chi connectivity index (χ4n) is 1.32. The highest BCUT2D eigenvalue weighted by atomic mass is 35.5. The average Bonchev–Trinajstić information content (AvgIpc) is 2.28. The van der Waals surface area contributed by atoms with Gasteiger partial charge in [-0.05, 0) is 13.0 Å². The molecule has 2 atom stereocenters. The van der Waals surface area contributed by atoms with E-state index in [0.717, 1.165) is 6.20 Å². The van der Waals surface area contributed by atoms with Crippen LogP contribution in [0.2, 0.25) is 5.02 Å². The van der Waals surface area contributed by atoms with Crippen molar-refractivity contribution in [2.45, 2.75) is 18.6 Å². The molecule has 2 unspecified atom stereocenters. The van der Waals surface area contributed by atoms with Crippen LogP contribution in [0.15, 0.2) is 12.4 Å². The molecule has 8 heteroatoms. The van der Waals surface area contributed by atoms with Crippen molar-refractivity contribution < 1.29 is 15.1 Å². The first-order chi connectivity index (χ1) is 7.99. The van der Waals surface area contributed by atoms with Crippen molar-refractivity contribution in [2.75, 3.05) is 6.54 Å². The molecule has 7 nitrogen and oxygen atoms in total. The van der Waals surface area contributed by atoms with Crippen molar-refractivity contribution in [3.63, 3.8) is 0 Å².